The number of aromatic nitrogens is 2. The summed E-state index contributed by atoms with van der Waals surface area (Å²) in [4.78, 5) is 17.4. The van der Waals surface area contributed by atoms with Crippen molar-refractivity contribution in [2.75, 3.05) is 7.05 Å². The molecule has 1 aromatic rings. The predicted octanol–water partition coefficient (Wildman–Crippen LogP) is 2.76. The van der Waals surface area contributed by atoms with Crippen LogP contribution in [0.2, 0.25) is 0 Å². The van der Waals surface area contributed by atoms with Gasteiger partial charge in [-0.3, -0.25) is 4.79 Å². The van der Waals surface area contributed by atoms with E-state index in [0.29, 0.717) is 6.42 Å². The molecule has 7 heteroatoms. The summed E-state index contributed by atoms with van der Waals surface area (Å²) >= 11 is 0. The summed E-state index contributed by atoms with van der Waals surface area (Å²) in [5, 5.41) is 0. The summed E-state index contributed by atoms with van der Waals surface area (Å²) < 4.78 is 38.3. The molecule has 21 heavy (non-hydrogen) atoms. The molecule has 1 aliphatic carbocycles. The summed E-state index contributed by atoms with van der Waals surface area (Å²) in [6, 6.07) is 0. The Labute approximate surface area is 121 Å². The van der Waals surface area contributed by atoms with Crippen molar-refractivity contribution < 1.29 is 18.0 Å². The molecular weight excluding hydrogens is 283 g/mol. The highest BCUT2D eigenvalue weighted by Gasteiger charge is 2.29. The molecule has 1 atom stereocenters. The largest absolute Gasteiger partial charge is 0.406 e. The van der Waals surface area contributed by atoms with E-state index in [0.717, 1.165) is 17.4 Å². The van der Waals surface area contributed by atoms with E-state index in [-0.39, 0.29) is 24.2 Å². The molecule has 0 saturated carbocycles. The Kier molecular flexibility index (Phi) is 4.69. The van der Waals surface area contributed by atoms with Crippen molar-refractivity contribution in [1.29, 1.82) is 0 Å². The predicted molar refractivity (Wildman–Crippen MR) is 71.2 cm³/mol. The molecule has 1 heterocycles. The lowest BCUT2D eigenvalue weighted by Gasteiger charge is -2.19. The van der Waals surface area contributed by atoms with Gasteiger partial charge in [0.25, 0.3) is 0 Å². The summed E-state index contributed by atoms with van der Waals surface area (Å²) in [6.45, 7) is -1.01. The Morgan fingerprint density at radius 3 is 2.90 bits per heavy atom. The third-order valence-corrected chi connectivity index (χ3v) is 3.50. The van der Waals surface area contributed by atoms with Crippen molar-refractivity contribution in [3.05, 3.63) is 30.4 Å². The highest BCUT2D eigenvalue weighted by molar-refractivity contribution is 5.76. The van der Waals surface area contributed by atoms with Gasteiger partial charge in [-0.15, -0.1) is 0 Å². The average molecular weight is 301 g/mol. The maximum atomic E-state index is 12.4. The zero-order valence-corrected chi connectivity index (χ0v) is 11.8. The van der Waals surface area contributed by atoms with E-state index < -0.39 is 12.7 Å². The highest BCUT2D eigenvalue weighted by Crippen LogP contribution is 2.22. The van der Waals surface area contributed by atoms with Crippen molar-refractivity contribution >= 4 is 5.91 Å². The maximum absolute atomic E-state index is 12.4. The zero-order chi connectivity index (χ0) is 15.5. The molecule has 0 saturated heterocycles. The van der Waals surface area contributed by atoms with Gasteiger partial charge in [0.1, 0.15) is 12.4 Å². The standard InChI is InChI=1S/C14H18F3N3O/c1-19(13(21)8-11-4-2-3-5-11)9-12-18-6-7-20(12)10-14(15,16)17/h2,4,6-7,11H,3,5,8-10H2,1H3/t11-/m0/s1. The van der Waals surface area contributed by atoms with E-state index in [1.54, 1.807) is 7.05 Å². The molecular formula is C14H18F3N3O. The second-order valence-corrected chi connectivity index (χ2v) is 5.31. The van der Waals surface area contributed by atoms with Crippen LogP contribution in [-0.2, 0) is 17.9 Å². The Balaban J connectivity index is 1.93. The van der Waals surface area contributed by atoms with Gasteiger partial charge in [-0.05, 0) is 18.8 Å². The van der Waals surface area contributed by atoms with E-state index in [4.69, 9.17) is 0 Å². The first kappa shape index (κ1) is 15.6. The Bertz CT molecular complexity index is 522. The number of amides is 1. The molecule has 0 aliphatic heterocycles. The van der Waals surface area contributed by atoms with Crippen LogP contribution in [0.5, 0.6) is 0 Å². The molecule has 0 N–H and O–H groups in total. The second-order valence-electron chi connectivity index (χ2n) is 5.31. The second kappa shape index (κ2) is 6.32. The number of carbonyl (C=O) groups excluding carboxylic acids is 1. The van der Waals surface area contributed by atoms with Gasteiger partial charge in [0.2, 0.25) is 5.91 Å². The molecule has 0 aromatic carbocycles. The molecule has 0 spiro atoms. The van der Waals surface area contributed by atoms with E-state index in [1.165, 1.54) is 17.3 Å². The fourth-order valence-electron chi connectivity index (χ4n) is 2.37. The smallest absolute Gasteiger partial charge is 0.338 e. The van der Waals surface area contributed by atoms with Gasteiger partial charge in [-0.2, -0.15) is 13.2 Å². The molecule has 2 rings (SSSR count). The van der Waals surface area contributed by atoms with E-state index in [1.807, 2.05) is 12.2 Å². The number of hydrogen-bond acceptors (Lipinski definition) is 2. The van der Waals surface area contributed by atoms with Gasteiger partial charge in [0.05, 0.1) is 6.54 Å². The number of allylic oxidation sites excluding steroid dienone is 2. The minimum atomic E-state index is -4.30. The summed E-state index contributed by atoms with van der Waals surface area (Å²) in [5.41, 5.74) is 0. The summed E-state index contributed by atoms with van der Waals surface area (Å²) in [6.07, 6.45) is 4.71. The van der Waals surface area contributed by atoms with Crippen molar-refractivity contribution in [2.24, 2.45) is 5.92 Å². The van der Waals surface area contributed by atoms with Crippen molar-refractivity contribution in [1.82, 2.24) is 14.5 Å². The van der Waals surface area contributed by atoms with Crippen LogP contribution in [-0.4, -0.2) is 33.6 Å². The molecule has 0 radical (unpaired) electrons. The summed E-state index contributed by atoms with van der Waals surface area (Å²) in [5.74, 6) is 0.410. The average Bonchev–Trinajstić information content (AvgIpc) is 3.00. The van der Waals surface area contributed by atoms with Crippen LogP contribution < -0.4 is 0 Å². The van der Waals surface area contributed by atoms with Crippen LogP contribution in [0.15, 0.2) is 24.5 Å². The highest BCUT2D eigenvalue weighted by atomic mass is 19.4. The van der Waals surface area contributed by atoms with Gasteiger partial charge >= 0.3 is 6.18 Å². The lowest BCUT2D eigenvalue weighted by molar-refractivity contribution is -0.141. The lowest BCUT2D eigenvalue weighted by atomic mass is 10.0. The van der Waals surface area contributed by atoms with E-state index in [2.05, 4.69) is 4.98 Å². The SMILES string of the molecule is CN(Cc1nccn1CC(F)(F)F)C(=O)C[C@H]1C=CCC1. The topological polar surface area (TPSA) is 38.1 Å². The number of imidazole rings is 1. The Morgan fingerprint density at radius 1 is 1.52 bits per heavy atom. The third kappa shape index (κ3) is 4.61. The first-order valence-electron chi connectivity index (χ1n) is 6.82. The normalized spacial score (nSPS) is 18.2. The van der Waals surface area contributed by atoms with Crippen LogP contribution in [0.4, 0.5) is 13.2 Å². The zero-order valence-electron chi connectivity index (χ0n) is 11.8. The molecule has 1 aliphatic rings. The van der Waals surface area contributed by atoms with Gasteiger partial charge in [0.15, 0.2) is 0 Å². The Morgan fingerprint density at radius 2 is 2.29 bits per heavy atom. The van der Waals surface area contributed by atoms with E-state index in [9.17, 15) is 18.0 Å². The fraction of sp³-hybridized carbons (Fsp3) is 0.571. The third-order valence-electron chi connectivity index (χ3n) is 3.50. The molecule has 0 fully saturated rings. The fourth-order valence-corrected chi connectivity index (χ4v) is 2.37. The van der Waals surface area contributed by atoms with E-state index >= 15 is 0 Å². The van der Waals surface area contributed by atoms with Gasteiger partial charge in [-0.1, -0.05) is 12.2 Å². The number of halogens is 3. The number of hydrogen-bond donors (Lipinski definition) is 0. The first-order chi connectivity index (χ1) is 9.85. The molecule has 0 unspecified atom stereocenters. The Hall–Kier alpha value is -1.79. The van der Waals surface area contributed by atoms with Crippen LogP contribution in [0, 0.1) is 5.92 Å². The quantitative estimate of drug-likeness (QED) is 0.784. The molecule has 4 nitrogen and oxygen atoms in total. The van der Waals surface area contributed by atoms with Gasteiger partial charge in [0, 0.05) is 25.9 Å². The van der Waals surface area contributed by atoms with Crippen LogP contribution in [0.25, 0.3) is 0 Å². The van der Waals surface area contributed by atoms with Crippen molar-refractivity contribution in [3.8, 4) is 0 Å². The lowest BCUT2D eigenvalue weighted by Crippen LogP contribution is -2.29. The minimum Gasteiger partial charge on any atom is -0.338 e. The number of carbonyl (C=O) groups is 1. The number of alkyl halides is 3. The van der Waals surface area contributed by atoms with Crippen LogP contribution in [0.1, 0.15) is 25.1 Å². The molecule has 0 bridgehead atoms. The van der Waals surface area contributed by atoms with Crippen molar-refractivity contribution in [3.63, 3.8) is 0 Å². The first-order valence-corrected chi connectivity index (χ1v) is 6.82. The number of nitrogens with zero attached hydrogens (tertiary/aromatic N) is 3. The maximum Gasteiger partial charge on any atom is 0.406 e. The van der Waals surface area contributed by atoms with Crippen LogP contribution in [0.3, 0.4) is 0 Å². The van der Waals surface area contributed by atoms with Gasteiger partial charge in [-0.25, -0.2) is 4.98 Å². The van der Waals surface area contributed by atoms with Gasteiger partial charge < -0.3 is 9.47 Å². The minimum absolute atomic E-state index is 0.0758. The monoisotopic (exact) mass is 301 g/mol. The van der Waals surface area contributed by atoms with Crippen molar-refractivity contribution in [2.45, 2.75) is 38.5 Å². The van der Waals surface area contributed by atoms with Crippen LogP contribution >= 0.6 is 0 Å². The molecule has 1 aromatic heterocycles. The summed E-state index contributed by atoms with van der Waals surface area (Å²) in [7, 11) is 1.59. The molecule has 1 amide bonds. The molecule has 116 valence electrons. The number of rotatable bonds is 5.